The Morgan fingerprint density at radius 3 is 2.61 bits per heavy atom. The molecule has 3 aromatic heterocycles. The number of carbonyl (C=O) groups excluding carboxylic acids is 2. The Hall–Kier alpha value is -3.78. The van der Waals surface area contributed by atoms with Crippen molar-refractivity contribution in [2.75, 3.05) is 7.11 Å². The lowest BCUT2D eigenvalue weighted by atomic mass is 10.1. The van der Waals surface area contributed by atoms with E-state index in [-0.39, 0.29) is 24.0 Å². The van der Waals surface area contributed by atoms with E-state index in [9.17, 15) is 14.0 Å². The number of amides is 1. The topological polar surface area (TPSA) is 84.1 Å². The molecule has 0 saturated carbocycles. The van der Waals surface area contributed by atoms with Crippen molar-refractivity contribution in [3.8, 4) is 21.7 Å². The number of carbonyl (C=O) groups is 2. The van der Waals surface area contributed by atoms with Crippen LogP contribution in [0.5, 0.6) is 0 Å². The molecular weight excluding hydrogens is 417 g/mol. The number of benzene rings is 1. The number of ether oxygens (including phenoxy) is 1. The molecule has 3 heterocycles. The zero-order valence-corrected chi connectivity index (χ0v) is 17.3. The summed E-state index contributed by atoms with van der Waals surface area (Å²) in [6.45, 7) is 0.226. The average Bonchev–Trinajstić information content (AvgIpc) is 3.48. The van der Waals surface area contributed by atoms with E-state index in [0.717, 1.165) is 21.7 Å². The van der Waals surface area contributed by atoms with Gasteiger partial charge >= 0.3 is 5.97 Å². The van der Waals surface area contributed by atoms with Crippen molar-refractivity contribution in [2.45, 2.75) is 6.54 Å². The van der Waals surface area contributed by atoms with E-state index in [4.69, 9.17) is 0 Å². The number of thiophene rings is 1. The molecule has 156 valence electrons. The van der Waals surface area contributed by atoms with Gasteiger partial charge < -0.3 is 15.0 Å². The van der Waals surface area contributed by atoms with Gasteiger partial charge in [-0.1, -0.05) is 24.3 Å². The van der Waals surface area contributed by atoms with Crippen molar-refractivity contribution >= 4 is 23.2 Å². The number of pyridine rings is 1. The third-order valence-electron chi connectivity index (χ3n) is 4.66. The second kappa shape index (κ2) is 8.93. The van der Waals surface area contributed by atoms with E-state index in [1.54, 1.807) is 35.6 Å². The zero-order valence-electron chi connectivity index (χ0n) is 16.5. The van der Waals surface area contributed by atoms with Crippen LogP contribution in [0.25, 0.3) is 21.7 Å². The minimum atomic E-state index is -0.521. The summed E-state index contributed by atoms with van der Waals surface area (Å²) in [5, 5.41) is 4.82. The van der Waals surface area contributed by atoms with Gasteiger partial charge in [0.25, 0.3) is 5.91 Å². The molecule has 0 aliphatic rings. The lowest BCUT2D eigenvalue weighted by molar-refractivity contribution is 0.0593. The third-order valence-corrected chi connectivity index (χ3v) is 5.56. The van der Waals surface area contributed by atoms with Crippen LogP contribution in [-0.2, 0) is 11.3 Å². The van der Waals surface area contributed by atoms with Crippen LogP contribution in [0.4, 0.5) is 4.39 Å². The largest absolute Gasteiger partial charge is 0.464 e. The van der Waals surface area contributed by atoms with E-state index in [1.807, 2.05) is 23.6 Å². The predicted octanol–water partition coefficient (Wildman–Crippen LogP) is 4.66. The van der Waals surface area contributed by atoms with Crippen molar-refractivity contribution < 1.29 is 18.7 Å². The van der Waals surface area contributed by atoms with Gasteiger partial charge in [0.15, 0.2) is 0 Å². The molecule has 2 N–H and O–H groups in total. The molecule has 0 aliphatic heterocycles. The third kappa shape index (κ3) is 4.54. The lowest BCUT2D eigenvalue weighted by Gasteiger charge is -2.07. The van der Waals surface area contributed by atoms with Crippen LogP contribution in [0.1, 0.15) is 26.5 Å². The molecule has 1 amide bonds. The Morgan fingerprint density at radius 2 is 1.97 bits per heavy atom. The molecule has 0 saturated heterocycles. The second-order valence-electron chi connectivity index (χ2n) is 6.68. The monoisotopic (exact) mass is 435 g/mol. The summed E-state index contributed by atoms with van der Waals surface area (Å²) < 4.78 is 18.0. The first-order valence-corrected chi connectivity index (χ1v) is 10.3. The summed E-state index contributed by atoms with van der Waals surface area (Å²) in [6, 6.07) is 15.0. The van der Waals surface area contributed by atoms with E-state index in [0.29, 0.717) is 11.3 Å². The van der Waals surface area contributed by atoms with Gasteiger partial charge in [-0.25, -0.2) is 14.2 Å². The zero-order chi connectivity index (χ0) is 21.8. The first kappa shape index (κ1) is 20.5. The van der Waals surface area contributed by atoms with Gasteiger partial charge in [-0.15, -0.1) is 11.3 Å². The summed E-state index contributed by atoms with van der Waals surface area (Å²) in [6.07, 6.45) is 1.51. The van der Waals surface area contributed by atoms with E-state index >= 15 is 0 Å². The highest BCUT2D eigenvalue weighted by atomic mass is 32.1. The highest BCUT2D eigenvalue weighted by Gasteiger charge is 2.18. The Balaban J connectivity index is 1.58. The standard InChI is InChI=1S/C23H18FN3O3S/c1-30-23(29)18-9-4-14(12-25-18)13-26-22(28)21-17(15-5-7-16(24)8-6-15)11-19(27-21)20-3-2-10-31-20/h2-12,27H,13H2,1H3,(H,26,28). The van der Waals surface area contributed by atoms with Crippen molar-refractivity contribution in [1.29, 1.82) is 0 Å². The average molecular weight is 435 g/mol. The Kier molecular flexibility index (Phi) is 5.90. The molecule has 4 rings (SSSR count). The molecule has 0 unspecified atom stereocenters. The summed E-state index contributed by atoms with van der Waals surface area (Å²) in [4.78, 5) is 32.7. The molecule has 6 nitrogen and oxygen atoms in total. The highest BCUT2D eigenvalue weighted by Crippen LogP contribution is 2.32. The number of rotatable bonds is 6. The minimum Gasteiger partial charge on any atom is -0.464 e. The Morgan fingerprint density at radius 1 is 1.16 bits per heavy atom. The van der Waals surface area contributed by atoms with Crippen LogP contribution in [0, 0.1) is 5.82 Å². The molecule has 0 aliphatic carbocycles. The predicted molar refractivity (Wildman–Crippen MR) is 116 cm³/mol. The highest BCUT2D eigenvalue weighted by molar-refractivity contribution is 7.13. The number of esters is 1. The number of hydrogen-bond acceptors (Lipinski definition) is 5. The molecule has 1 aromatic carbocycles. The number of aromatic nitrogens is 2. The number of nitrogens with one attached hydrogen (secondary N) is 2. The van der Waals surface area contributed by atoms with Crippen LogP contribution in [0.2, 0.25) is 0 Å². The molecule has 31 heavy (non-hydrogen) atoms. The molecule has 0 radical (unpaired) electrons. The number of aromatic amines is 1. The van der Waals surface area contributed by atoms with E-state index < -0.39 is 5.97 Å². The Labute approximate surface area is 181 Å². The molecule has 0 spiro atoms. The second-order valence-corrected chi connectivity index (χ2v) is 7.63. The first-order chi connectivity index (χ1) is 15.0. The van der Waals surface area contributed by atoms with E-state index in [1.165, 1.54) is 25.4 Å². The van der Waals surface area contributed by atoms with Crippen molar-refractivity contribution in [2.24, 2.45) is 0 Å². The molecule has 0 fully saturated rings. The molecule has 0 atom stereocenters. The van der Waals surface area contributed by atoms with Crippen molar-refractivity contribution in [3.63, 3.8) is 0 Å². The first-order valence-electron chi connectivity index (χ1n) is 9.39. The van der Waals surface area contributed by atoms with Crippen LogP contribution >= 0.6 is 11.3 Å². The number of H-pyrrole nitrogens is 1. The summed E-state index contributed by atoms with van der Waals surface area (Å²) in [5.41, 5.74) is 3.53. The van der Waals surface area contributed by atoms with Crippen molar-refractivity contribution in [1.82, 2.24) is 15.3 Å². The number of hydrogen-bond donors (Lipinski definition) is 2. The maximum absolute atomic E-state index is 13.4. The Bertz CT molecular complexity index is 1200. The van der Waals surface area contributed by atoms with Crippen LogP contribution in [-0.4, -0.2) is 29.0 Å². The number of halogens is 1. The van der Waals surface area contributed by atoms with Gasteiger partial charge in [0.2, 0.25) is 0 Å². The smallest absolute Gasteiger partial charge is 0.356 e. The SMILES string of the molecule is COC(=O)c1ccc(CNC(=O)c2[nH]c(-c3cccs3)cc2-c2ccc(F)cc2)cn1. The van der Waals surface area contributed by atoms with Crippen LogP contribution < -0.4 is 5.32 Å². The maximum Gasteiger partial charge on any atom is 0.356 e. The molecule has 8 heteroatoms. The van der Waals surface area contributed by atoms with E-state index in [2.05, 4.69) is 20.0 Å². The van der Waals surface area contributed by atoms with Gasteiger partial charge in [-0.05, 0) is 46.8 Å². The molecule has 0 bridgehead atoms. The lowest BCUT2D eigenvalue weighted by Crippen LogP contribution is -2.24. The minimum absolute atomic E-state index is 0.195. The quantitative estimate of drug-likeness (QED) is 0.432. The van der Waals surface area contributed by atoms with Crippen LogP contribution in [0.3, 0.4) is 0 Å². The van der Waals surface area contributed by atoms with Gasteiger partial charge in [0.05, 0.1) is 17.7 Å². The number of methoxy groups -OCH3 is 1. The maximum atomic E-state index is 13.4. The van der Waals surface area contributed by atoms with Gasteiger partial charge in [-0.3, -0.25) is 4.79 Å². The fourth-order valence-corrected chi connectivity index (χ4v) is 3.78. The van der Waals surface area contributed by atoms with Gasteiger partial charge in [-0.2, -0.15) is 0 Å². The molecule has 4 aromatic rings. The molecular formula is C23H18FN3O3S. The van der Waals surface area contributed by atoms with Crippen molar-refractivity contribution in [3.05, 3.63) is 88.9 Å². The normalized spacial score (nSPS) is 10.6. The van der Waals surface area contributed by atoms with Crippen LogP contribution in [0.15, 0.2) is 66.2 Å². The number of nitrogens with zero attached hydrogens (tertiary/aromatic N) is 1. The van der Waals surface area contributed by atoms with Gasteiger partial charge in [0.1, 0.15) is 17.2 Å². The summed E-state index contributed by atoms with van der Waals surface area (Å²) >= 11 is 1.55. The summed E-state index contributed by atoms with van der Waals surface area (Å²) in [7, 11) is 1.29. The fourth-order valence-electron chi connectivity index (χ4n) is 3.08. The summed E-state index contributed by atoms with van der Waals surface area (Å²) in [5.74, 6) is -1.17. The fraction of sp³-hybridized carbons (Fsp3) is 0.0870. The van der Waals surface area contributed by atoms with Gasteiger partial charge in [0, 0.05) is 18.3 Å².